The minimum absolute atomic E-state index is 0.0344. The van der Waals surface area contributed by atoms with Gasteiger partial charge in [0.15, 0.2) is 25.1 Å². The van der Waals surface area contributed by atoms with Crippen molar-refractivity contribution in [3.8, 4) is 23.7 Å². The number of benzene rings is 2. The maximum absolute atomic E-state index is 8.80. The van der Waals surface area contributed by atoms with Crippen LogP contribution in [0.1, 0.15) is 169 Å². The quantitative estimate of drug-likeness (QED) is 0.0494. The number of aliphatic hydroxyl groups is 1. The molecule has 1 aliphatic rings. The molecule has 1 N–H and O–H groups in total. The van der Waals surface area contributed by atoms with Crippen LogP contribution in [0.15, 0.2) is 60.7 Å². The van der Waals surface area contributed by atoms with Gasteiger partial charge in [-0.15, -0.1) is 23.7 Å². The summed E-state index contributed by atoms with van der Waals surface area (Å²) in [5, 5.41) is 11.5. The highest BCUT2D eigenvalue weighted by molar-refractivity contribution is 8.24. The molecule has 3 unspecified atom stereocenters. The standard InChI is InChI=1S/C29H42O2Si.C19H34O2.H2P2S/c1-29(2,3)32(27-21-15-13-16-22-27,28-23-17-14-18-24-28)31-26-20-12-10-8-6-4-5-7-9-11-19-25-30;1-2-3-4-5-6-7-8-9-10-11-12-14-17-20-19-16-13-15-18-21-19;1-2-3/h13-18,21-24,30H,4-5,7,9-12,19-20,25-26H2,1-3H3;19H,2-5,8-18H2,1H3;1H2/p+1/i/hT. The predicted octanol–water partition coefficient (Wildman–Crippen LogP) is 12.4. The molecule has 56 heavy (non-hydrogen) atoms. The third kappa shape index (κ3) is 25.1. The highest BCUT2D eigenvalue weighted by atomic mass is 32.6. The SMILES string of the molecule is CC(C)(C)[Si](OCCCCC#CCCCCCCCO)(c1ccccc1)c1ccccc1.CCCCCC#CCCCCCCCOC1CCCCO1.[3H][P+](P)=S. The molecule has 3 atom stereocenters. The molecule has 3 rings (SSSR count). The monoisotopic (exact) mass is 844 g/mol. The molecule has 4 nitrogen and oxygen atoms in total. The average molecular weight is 844 g/mol. The lowest BCUT2D eigenvalue weighted by molar-refractivity contribution is -0.162. The first-order valence-corrected chi connectivity index (χ1v) is 27.3. The zero-order valence-electron chi connectivity index (χ0n) is 36.8. The number of aliphatic hydroxyl groups excluding tert-OH is 1. The Morgan fingerprint density at radius 1 is 0.732 bits per heavy atom. The summed E-state index contributed by atoms with van der Waals surface area (Å²) < 4.78 is 24.6. The van der Waals surface area contributed by atoms with Crippen molar-refractivity contribution in [3.05, 3.63) is 60.7 Å². The molecule has 0 bridgehead atoms. The fourth-order valence-corrected chi connectivity index (χ4v) is 11.5. The van der Waals surface area contributed by atoms with E-state index in [1.54, 1.807) is 0 Å². The van der Waals surface area contributed by atoms with Crippen molar-refractivity contribution in [1.29, 1.82) is 1.28 Å². The van der Waals surface area contributed by atoms with Crippen molar-refractivity contribution in [2.24, 2.45) is 0 Å². The van der Waals surface area contributed by atoms with Crippen molar-refractivity contribution in [1.82, 2.24) is 0 Å². The fourth-order valence-electron chi connectivity index (χ4n) is 6.88. The number of ether oxygens (including phenoxy) is 2. The normalized spacial score (nSPS) is 14.4. The zero-order chi connectivity index (χ0) is 41.7. The summed E-state index contributed by atoms with van der Waals surface area (Å²) in [6, 6.07) is 21.7. The molecule has 2 aromatic carbocycles. The van der Waals surface area contributed by atoms with Crippen LogP contribution in [0.5, 0.6) is 0 Å². The molecule has 1 aliphatic heterocycles. The van der Waals surface area contributed by atoms with Gasteiger partial charge in [0.1, 0.15) is 0 Å². The first-order chi connectivity index (χ1) is 27.7. The van der Waals surface area contributed by atoms with E-state index in [1.165, 1.54) is 93.8 Å². The summed E-state index contributed by atoms with van der Waals surface area (Å²) in [7, 11) is -0.197. The Morgan fingerprint density at radius 2 is 1.18 bits per heavy atom. The van der Waals surface area contributed by atoms with Crippen LogP contribution in [0.2, 0.25) is 5.04 Å². The largest absolute Gasteiger partial charge is 0.407 e. The number of hydrogen-bond donors (Lipinski definition) is 1. The minimum Gasteiger partial charge on any atom is -0.407 e. The van der Waals surface area contributed by atoms with Crippen molar-refractivity contribution < 1.29 is 19.0 Å². The van der Waals surface area contributed by atoms with E-state index >= 15 is 0 Å². The van der Waals surface area contributed by atoms with E-state index in [4.69, 9.17) is 20.3 Å². The summed E-state index contributed by atoms with van der Waals surface area (Å²) in [6.45, 7) is 11.2. The van der Waals surface area contributed by atoms with E-state index in [1.807, 2.05) is 0 Å². The molecule has 1 heterocycles. The topological polar surface area (TPSA) is 47.9 Å². The van der Waals surface area contributed by atoms with Crippen LogP contribution in [-0.4, -0.2) is 47.4 Å². The maximum Gasteiger partial charge on any atom is 0.355 e. The summed E-state index contributed by atoms with van der Waals surface area (Å²) in [6.07, 6.45) is 25.7. The van der Waals surface area contributed by atoms with E-state index in [0.717, 1.165) is 77.6 Å². The van der Waals surface area contributed by atoms with Gasteiger partial charge in [-0.2, -0.15) is 0 Å². The number of rotatable bonds is 24. The molecule has 1 saturated heterocycles. The lowest BCUT2D eigenvalue weighted by Crippen LogP contribution is -2.66. The molecule has 0 aliphatic carbocycles. The first kappa shape index (κ1) is 50.7. The summed E-state index contributed by atoms with van der Waals surface area (Å²) in [4.78, 5) is 0. The van der Waals surface area contributed by atoms with Crippen LogP contribution in [0.25, 0.3) is 0 Å². The molecule has 0 spiro atoms. The summed E-state index contributed by atoms with van der Waals surface area (Å²) >= 11 is 4.31. The number of hydrogen-bond acceptors (Lipinski definition) is 5. The third-order valence-electron chi connectivity index (χ3n) is 9.93. The molecule has 314 valence electrons. The van der Waals surface area contributed by atoms with Gasteiger partial charge in [0.05, 0.1) is 8.93 Å². The number of unbranched alkanes of at least 4 members (excludes halogenated alkanes) is 15. The van der Waals surface area contributed by atoms with Gasteiger partial charge < -0.3 is 19.0 Å². The van der Waals surface area contributed by atoms with Crippen LogP contribution in [-0.2, 0) is 25.7 Å². The Kier molecular flexibility index (Phi) is 33.2. The van der Waals surface area contributed by atoms with Crippen LogP contribution in [0, 0.1) is 23.7 Å². The van der Waals surface area contributed by atoms with Gasteiger partial charge in [-0.3, -0.25) is 0 Å². The Morgan fingerprint density at radius 3 is 1.64 bits per heavy atom. The third-order valence-corrected chi connectivity index (χ3v) is 15.0. The molecular formula is C48H79O4P2SSi+. The molecule has 0 radical (unpaired) electrons. The van der Waals surface area contributed by atoms with Crippen molar-refractivity contribution in [3.63, 3.8) is 0 Å². The molecule has 8 heteroatoms. The van der Waals surface area contributed by atoms with Crippen LogP contribution in [0.4, 0.5) is 0 Å². The molecular weight excluding hydrogens is 763 g/mol. The van der Waals surface area contributed by atoms with Crippen molar-refractivity contribution in [2.45, 2.75) is 180 Å². The van der Waals surface area contributed by atoms with Gasteiger partial charge in [-0.1, -0.05) is 140 Å². The Bertz CT molecular complexity index is 1320. The van der Waals surface area contributed by atoms with Crippen LogP contribution in [0.3, 0.4) is 0 Å². The summed E-state index contributed by atoms with van der Waals surface area (Å²) in [5.41, 5.74) is 0. The Labute approximate surface area is 356 Å². The molecule has 0 amide bonds. The average Bonchev–Trinajstić information content (AvgIpc) is 3.20. The maximum atomic E-state index is 8.80. The predicted molar refractivity (Wildman–Crippen MR) is 255 cm³/mol. The van der Waals surface area contributed by atoms with Gasteiger partial charge >= 0.3 is 1.28 Å². The van der Waals surface area contributed by atoms with E-state index in [9.17, 15) is 0 Å². The van der Waals surface area contributed by atoms with E-state index in [0.29, 0.717) is 6.61 Å². The molecule has 1 fully saturated rings. The van der Waals surface area contributed by atoms with Gasteiger partial charge in [0.25, 0.3) is 8.32 Å². The van der Waals surface area contributed by atoms with Crippen molar-refractivity contribution in [2.75, 3.05) is 26.4 Å². The second kappa shape index (κ2) is 36.6. The Balaban J connectivity index is 0.000000559. The smallest absolute Gasteiger partial charge is 0.355 e. The second-order valence-corrected chi connectivity index (χ2v) is 22.7. The molecule has 2 aromatic rings. The minimum atomic E-state index is -2.40. The zero-order valence-corrected chi connectivity index (χ0v) is 39.7. The van der Waals surface area contributed by atoms with Gasteiger partial charge in [0, 0.05) is 52.1 Å². The van der Waals surface area contributed by atoms with Gasteiger partial charge in [-0.25, -0.2) is 0 Å². The molecule has 0 aromatic heterocycles. The summed E-state index contributed by atoms with van der Waals surface area (Å²) in [5.74, 6) is 13.3. The van der Waals surface area contributed by atoms with Gasteiger partial charge in [0.2, 0.25) is 0 Å². The lowest BCUT2D eigenvalue weighted by atomic mass is 10.1. The second-order valence-electron chi connectivity index (χ2n) is 15.7. The van der Waals surface area contributed by atoms with Crippen molar-refractivity contribution >= 4 is 46.4 Å². The van der Waals surface area contributed by atoms with Gasteiger partial charge in [-0.05, 0) is 79.6 Å². The molecule has 0 saturated carbocycles. The van der Waals surface area contributed by atoms with Crippen LogP contribution >= 0.6 is 15.9 Å². The van der Waals surface area contributed by atoms with Crippen LogP contribution < -0.4 is 10.4 Å². The van der Waals surface area contributed by atoms with E-state index in [2.05, 4.69) is 133 Å². The highest BCUT2D eigenvalue weighted by Gasteiger charge is 2.49. The Hall–Kier alpha value is -1.43. The first-order valence-electron chi connectivity index (χ1n) is 22.3. The lowest BCUT2D eigenvalue weighted by Gasteiger charge is -2.43. The highest BCUT2D eigenvalue weighted by Crippen LogP contribution is 2.36. The van der Waals surface area contributed by atoms with E-state index < -0.39 is 15.3 Å². The fraction of sp³-hybridized carbons (Fsp3) is 0.667. The van der Waals surface area contributed by atoms with E-state index in [-0.39, 0.29) is 11.3 Å².